The van der Waals surface area contributed by atoms with Gasteiger partial charge in [0, 0.05) is 50.7 Å². The van der Waals surface area contributed by atoms with E-state index in [1.165, 1.54) is 19.8 Å². The molecule has 4 nitrogen and oxygen atoms in total. The molecule has 0 bridgehead atoms. The van der Waals surface area contributed by atoms with Crippen LogP contribution in [-0.2, 0) is 10.8 Å². The van der Waals surface area contributed by atoms with Gasteiger partial charge in [0.1, 0.15) is 10.0 Å². The lowest BCUT2D eigenvalue weighted by molar-refractivity contribution is 0.436. The molecular formula is C26H40N4S3. The second-order valence-corrected chi connectivity index (χ2v) is 14.6. The van der Waals surface area contributed by atoms with Crippen molar-refractivity contribution in [2.45, 2.75) is 117 Å². The zero-order valence-corrected chi connectivity index (χ0v) is 24.3. The highest BCUT2D eigenvalue weighted by Crippen LogP contribution is 2.42. The molecule has 33 heavy (non-hydrogen) atoms. The predicted octanol–water partition coefficient (Wildman–Crippen LogP) is 8.64. The highest BCUT2D eigenvalue weighted by atomic mass is 32.1. The minimum absolute atomic E-state index is 0.0407. The lowest BCUT2D eigenvalue weighted by Gasteiger charge is -2.26. The van der Waals surface area contributed by atoms with E-state index in [4.69, 9.17) is 9.97 Å². The molecule has 0 spiro atoms. The number of nitrogens with zero attached hydrogens (tertiary/aromatic N) is 4. The van der Waals surface area contributed by atoms with Crippen LogP contribution in [0.3, 0.4) is 0 Å². The normalized spacial score (nSPS) is 14.9. The molecule has 7 heteroatoms. The highest BCUT2D eigenvalue weighted by molar-refractivity contribution is 7.12. The molecule has 0 aliphatic carbocycles. The molecule has 0 amide bonds. The van der Waals surface area contributed by atoms with E-state index in [0.717, 1.165) is 22.9 Å². The number of hydrogen-bond donors (Lipinski definition) is 0. The first-order chi connectivity index (χ1) is 15.3. The molecule has 0 radical (unpaired) electrons. The Morgan fingerprint density at radius 1 is 0.667 bits per heavy atom. The number of rotatable bonds is 10. The maximum Gasteiger partial charge on any atom is 0.120 e. The summed E-state index contributed by atoms with van der Waals surface area (Å²) in [4.78, 5) is 12.4. The van der Waals surface area contributed by atoms with Crippen LogP contribution in [0, 0.1) is 0 Å². The molecule has 0 N–H and O–H groups in total. The Morgan fingerprint density at radius 3 is 1.85 bits per heavy atom. The summed E-state index contributed by atoms with van der Waals surface area (Å²) in [5, 5.41) is 13.6. The van der Waals surface area contributed by atoms with Crippen LogP contribution >= 0.6 is 34.0 Å². The second kappa shape index (κ2) is 10.2. The SMILES string of the molecule is CC(C)c1cnc(C(C)(C)CC(C)c2ncc(C(C)(C)CC(C)c3nnc(C(C)C)s3)s2)s1. The van der Waals surface area contributed by atoms with E-state index in [0.29, 0.717) is 23.7 Å². The van der Waals surface area contributed by atoms with E-state index in [2.05, 4.69) is 91.8 Å². The molecule has 0 saturated heterocycles. The van der Waals surface area contributed by atoms with Gasteiger partial charge in [-0.3, -0.25) is 0 Å². The van der Waals surface area contributed by atoms with Crippen molar-refractivity contribution < 1.29 is 0 Å². The summed E-state index contributed by atoms with van der Waals surface area (Å²) in [6.45, 7) is 22.7. The van der Waals surface area contributed by atoms with Crippen LogP contribution in [0.4, 0.5) is 0 Å². The van der Waals surface area contributed by atoms with Crippen molar-refractivity contribution >= 4 is 34.0 Å². The van der Waals surface area contributed by atoms with Crippen molar-refractivity contribution in [2.24, 2.45) is 0 Å². The summed E-state index contributed by atoms with van der Waals surface area (Å²) in [5.41, 5.74) is 0.0920. The van der Waals surface area contributed by atoms with Crippen molar-refractivity contribution in [1.29, 1.82) is 0 Å². The van der Waals surface area contributed by atoms with Gasteiger partial charge in [0.25, 0.3) is 0 Å². The van der Waals surface area contributed by atoms with Crippen molar-refractivity contribution in [3.05, 3.63) is 42.2 Å². The van der Waals surface area contributed by atoms with E-state index in [-0.39, 0.29) is 10.8 Å². The van der Waals surface area contributed by atoms with Crippen molar-refractivity contribution in [3.8, 4) is 0 Å². The van der Waals surface area contributed by atoms with Gasteiger partial charge in [-0.2, -0.15) is 0 Å². The third kappa shape index (κ3) is 6.29. The summed E-state index contributed by atoms with van der Waals surface area (Å²) in [7, 11) is 0. The van der Waals surface area contributed by atoms with Gasteiger partial charge < -0.3 is 0 Å². The van der Waals surface area contributed by atoms with Gasteiger partial charge in [-0.15, -0.1) is 44.2 Å². The third-order valence-corrected chi connectivity index (χ3v) is 11.0. The average Bonchev–Trinajstić information content (AvgIpc) is 3.47. The van der Waals surface area contributed by atoms with Crippen LogP contribution in [0.25, 0.3) is 0 Å². The zero-order valence-electron chi connectivity index (χ0n) is 21.9. The van der Waals surface area contributed by atoms with Crippen LogP contribution in [-0.4, -0.2) is 20.2 Å². The molecule has 2 unspecified atom stereocenters. The lowest BCUT2D eigenvalue weighted by atomic mass is 9.82. The van der Waals surface area contributed by atoms with Crippen molar-refractivity contribution in [3.63, 3.8) is 0 Å². The van der Waals surface area contributed by atoms with E-state index < -0.39 is 0 Å². The van der Waals surface area contributed by atoms with E-state index in [1.807, 2.05) is 22.7 Å². The number of thiazole rings is 2. The Morgan fingerprint density at radius 2 is 1.27 bits per heavy atom. The van der Waals surface area contributed by atoms with Gasteiger partial charge in [0.15, 0.2) is 0 Å². The number of hydrogen-bond acceptors (Lipinski definition) is 7. The van der Waals surface area contributed by atoms with Gasteiger partial charge in [0.05, 0.1) is 10.0 Å². The minimum Gasteiger partial charge on any atom is -0.249 e. The summed E-state index contributed by atoms with van der Waals surface area (Å²) in [5.74, 6) is 1.75. The Hall–Kier alpha value is -1.18. The topological polar surface area (TPSA) is 51.6 Å². The first-order valence-corrected chi connectivity index (χ1v) is 14.5. The zero-order chi connectivity index (χ0) is 24.6. The fourth-order valence-electron chi connectivity index (χ4n) is 4.27. The van der Waals surface area contributed by atoms with E-state index >= 15 is 0 Å². The molecule has 0 aliphatic rings. The molecule has 3 heterocycles. The minimum atomic E-state index is 0.0407. The maximum absolute atomic E-state index is 4.88. The maximum atomic E-state index is 4.88. The molecule has 0 aliphatic heterocycles. The molecule has 0 saturated carbocycles. The van der Waals surface area contributed by atoms with Crippen LogP contribution in [0.1, 0.15) is 136 Å². The third-order valence-electron chi connectivity index (χ3n) is 6.29. The van der Waals surface area contributed by atoms with Gasteiger partial charge in [-0.1, -0.05) is 69.2 Å². The predicted molar refractivity (Wildman–Crippen MR) is 144 cm³/mol. The second-order valence-electron chi connectivity index (χ2n) is 11.4. The fraction of sp³-hybridized carbons (Fsp3) is 0.692. The van der Waals surface area contributed by atoms with Crippen LogP contribution in [0.5, 0.6) is 0 Å². The number of aromatic nitrogens is 4. The molecule has 182 valence electrons. The van der Waals surface area contributed by atoms with Crippen molar-refractivity contribution in [2.75, 3.05) is 0 Å². The molecular weight excluding hydrogens is 465 g/mol. The summed E-state index contributed by atoms with van der Waals surface area (Å²) in [6.07, 6.45) is 6.25. The Labute approximate surface area is 212 Å². The molecule has 0 aromatic carbocycles. The summed E-state index contributed by atoms with van der Waals surface area (Å²) in [6, 6.07) is 0. The van der Waals surface area contributed by atoms with Gasteiger partial charge in [-0.05, 0) is 18.8 Å². The standard InChI is InChI=1S/C26H40N4S3/c1-15(2)19-13-28-24(31-19)26(9,10)12-17(5)22-27-14-20(32-22)25(7,8)11-18(6)23-30-29-21(33-23)16(3)4/h13-18H,11-12H2,1-10H3. The lowest BCUT2D eigenvalue weighted by Crippen LogP contribution is -2.19. The highest BCUT2D eigenvalue weighted by Gasteiger charge is 2.31. The van der Waals surface area contributed by atoms with Crippen molar-refractivity contribution in [1.82, 2.24) is 20.2 Å². The molecule has 2 atom stereocenters. The fourth-order valence-corrected chi connectivity index (χ4v) is 7.27. The summed E-state index contributed by atoms with van der Waals surface area (Å²) >= 11 is 5.51. The van der Waals surface area contributed by atoms with Gasteiger partial charge in [-0.25, -0.2) is 9.97 Å². The smallest absolute Gasteiger partial charge is 0.120 e. The van der Waals surface area contributed by atoms with E-state index in [9.17, 15) is 0 Å². The van der Waals surface area contributed by atoms with E-state index in [1.54, 1.807) is 11.3 Å². The monoisotopic (exact) mass is 504 g/mol. The van der Waals surface area contributed by atoms with Gasteiger partial charge >= 0.3 is 0 Å². The van der Waals surface area contributed by atoms with Gasteiger partial charge in [0.2, 0.25) is 0 Å². The Bertz CT molecular complexity index is 1040. The largest absolute Gasteiger partial charge is 0.249 e. The molecule has 3 aromatic rings. The first kappa shape index (κ1) is 26.4. The Kier molecular flexibility index (Phi) is 8.17. The molecule has 3 aromatic heterocycles. The summed E-state index contributed by atoms with van der Waals surface area (Å²) < 4.78 is 0. The molecule has 0 fully saturated rings. The first-order valence-electron chi connectivity index (χ1n) is 12.1. The van der Waals surface area contributed by atoms with Crippen LogP contribution < -0.4 is 0 Å². The average molecular weight is 505 g/mol. The Balaban J connectivity index is 1.68. The van der Waals surface area contributed by atoms with Crippen LogP contribution in [0.15, 0.2) is 12.4 Å². The molecule has 3 rings (SSSR count). The quantitative estimate of drug-likeness (QED) is 0.277. The van der Waals surface area contributed by atoms with Crippen LogP contribution in [0.2, 0.25) is 0 Å².